The summed E-state index contributed by atoms with van der Waals surface area (Å²) < 4.78 is 21.0. The zero-order valence-electron chi connectivity index (χ0n) is 19.8. The molecule has 1 aliphatic heterocycles. The lowest BCUT2D eigenvalue weighted by molar-refractivity contribution is -0.123. The Hall–Kier alpha value is -4.17. The second-order valence-corrected chi connectivity index (χ2v) is 9.25. The van der Waals surface area contributed by atoms with E-state index < -0.39 is 17.8 Å². The number of carbonyl (C=O) groups excluding carboxylic acids is 2. The number of likely N-dealkylation sites (tertiary alicyclic amines) is 1. The van der Waals surface area contributed by atoms with Gasteiger partial charge < -0.3 is 20.7 Å². The number of nitrogen functional groups attached to an aromatic ring is 1. The molecule has 0 spiro atoms. The molecule has 2 heterocycles. The van der Waals surface area contributed by atoms with Gasteiger partial charge in [0.15, 0.2) is 0 Å². The van der Waals surface area contributed by atoms with E-state index in [4.69, 9.17) is 22.1 Å². The van der Waals surface area contributed by atoms with Crippen molar-refractivity contribution >= 4 is 45.7 Å². The van der Waals surface area contributed by atoms with Crippen LogP contribution in [0.25, 0.3) is 10.8 Å². The Kier molecular flexibility index (Phi) is 6.92. The van der Waals surface area contributed by atoms with Crippen molar-refractivity contribution in [1.29, 1.82) is 0 Å². The molecule has 1 aromatic heterocycles. The van der Waals surface area contributed by atoms with Gasteiger partial charge in [0, 0.05) is 40.8 Å². The van der Waals surface area contributed by atoms with Gasteiger partial charge in [-0.05, 0) is 66.8 Å². The molecule has 3 aromatic carbocycles. The normalized spacial score (nSPS) is 13.9. The van der Waals surface area contributed by atoms with Gasteiger partial charge in [-0.15, -0.1) is 0 Å². The molecule has 3 N–H and O–H groups in total. The van der Waals surface area contributed by atoms with E-state index in [0.717, 1.165) is 24.3 Å². The molecule has 1 saturated heterocycles. The second kappa shape index (κ2) is 10.4. The number of benzene rings is 3. The molecule has 37 heavy (non-hydrogen) atoms. The molecule has 4 aromatic rings. The van der Waals surface area contributed by atoms with Gasteiger partial charge in [-0.2, -0.15) is 0 Å². The van der Waals surface area contributed by atoms with E-state index in [9.17, 15) is 14.0 Å². The lowest BCUT2D eigenvalue weighted by atomic mass is 10.1. The van der Waals surface area contributed by atoms with Gasteiger partial charge in [-0.1, -0.05) is 29.8 Å². The molecule has 9 heteroatoms. The smallest absolute Gasteiger partial charge is 0.270 e. The number of hydrogen-bond acceptors (Lipinski definition) is 5. The number of nitrogens with zero attached hydrogens (tertiary/aromatic N) is 2. The molecule has 7 nitrogen and oxygen atoms in total. The highest BCUT2D eigenvalue weighted by atomic mass is 35.5. The number of nitrogens with one attached hydrogen (secondary N) is 1. The highest BCUT2D eigenvalue weighted by Crippen LogP contribution is 2.30. The third-order valence-corrected chi connectivity index (χ3v) is 6.55. The first-order valence-corrected chi connectivity index (χ1v) is 12.2. The van der Waals surface area contributed by atoms with Crippen LogP contribution in [-0.4, -0.2) is 34.8 Å². The van der Waals surface area contributed by atoms with Crippen LogP contribution in [0.4, 0.5) is 15.9 Å². The van der Waals surface area contributed by atoms with Crippen molar-refractivity contribution in [3.05, 3.63) is 94.9 Å². The van der Waals surface area contributed by atoms with Crippen LogP contribution in [0.2, 0.25) is 5.02 Å². The fourth-order valence-electron chi connectivity index (χ4n) is 4.34. The topological polar surface area (TPSA) is 97.5 Å². The molecule has 0 bridgehead atoms. The van der Waals surface area contributed by atoms with Crippen LogP contribution in [-0.2, 0) is 4.79 Å². The minimum Gasteiger partial charge on any atom is -0.476 e. The summed E-state index contributed by atoms with van der Waals surface area (Å²) in [5, 5.41) is 4.64. The van der Waals surface area contributed by atoms with Gasteiger partial charge in [-0.25, -0.2) is 9.37 Å². The Labute approximate surface area is 218 Å². The summed E-state index contributed by atoms with van der Waals surface area (Å²) in [6, 6.07) is 17.7. The molecular weight excluding hydrogens is 495 g/mol. The molecule has 2 amide bonds. The fraction of sp³-hybridized carbons (Fsp3) is 0.179. The van der Waals surface area contributed by atoms with Gasteiger partial charge >= 0.3 is 0 Å². The van der Waals surface area contributed by atoms with Crippen LogP contribution in [0.3, 0.4) is 0 Å². The number of aromatic nitrogens is 1. The molecule has 1 fully saturated rings. The summed E-state index contributed by atoms with van der Waals surface area (Å²) in [6.07, 6.45) is 2.36. The summed E-state index contributed by atoms with van der Waals surface area (Å²) in [7, 11) is 0. The zero-order valence-corrected chi connectivity index (χ0v) is 20.5. The fourth-order valence-corrected chi connectivity index (χ4v) is 4.47. The molecule has 0 saturated carbocycles. The van der Waals surface area contributed by atoms with E-state index in [1.807, 2.05) is 12.1 Å². The predicted octanol–water partition coefficient (Wildman–Crippen LogP) is 5.60. The number of carbonyl (C=O) groups is 2. The molecule has 1 aliphatic rings. The summed E-state index contributed by atoms with van der Waals surface area (Å²) in [6.45, 7) is 1.32. The van der Waals surface area contributed by atoms with Crippen molar-refractivity contribution in [1.82, 2.24) is 9.88 Å². The molecule has 0 radical (unpaired) electrons. The molecular formula is C28H24ClFN4O3. The minimum absolute atomic E-state index is 0.0579. The zero-order chi connectivity index (χ0) is 25.9. The quantitative estimate of drug-likeness (QED) is 0.346. The predicted molar refractivity (Wildman–Crippen MR) is 141 cm³/mol. The third-order valence-electron chi connectivity index (χ3n) is 6.30. The Balaban J connectivity index is 1.41. The highest BCUT2D eigenvalue weighted by Gasteiger charge is 2.25. The number of nitrogens with two attached hydrogens (primary N) is 1. The largest absolute Gasteiger partial charge is 0.476 e. The minimum atomic E-state index is -1.13. The lowest BCUT2D eigenvalue weighted by Crippen LogP contribution is -2.28. The number of halogens is 2. The standard InChI is InChI=1S/C28H24ClFN4O3/c29-20-7-3-18(4-8-20)25(37-21-9-5-17-11-12-32-26(31)22(17)16-21)27(35)33-24-10-6-19(15-23(24)30)28(36)34-13-1-2-14-34/h3-12,15-16,25H,1-2,13-14H2,(H2,31,32)(H,33,35). The Bertz CT molecular complexity index is 1470. The number of anilines is 2. The summed E-state index contributed by atoms with van der Waals surface area (Å²) in [4.78, 5) is 31.8. The van der Waals surface area contributed by atoms with Gasteiger partial charge in [0.2, 0.25) is 6.10 Å². The second-order valence-electron chi connectivity index (χ2n) is 8.81. The monoisotopic (exact) mass is 518 g/mol. The van der Waals surface area contributed by atoms with Crippen molar-refractivity contribution < 1.29 is 18.7 Å². The first-order valence-electron chi connectivity index (χ1n) is 11.8. The summed E-state index contributed by atoms with van der Waals surface area (Å²) >= 11 is 6.03. The van der Waals surface area contributed by atoms with Crippen molar-refractivity contribution in [2.45, 2.75) is 18.9 Å². The van der Waals surface area contributed by atoms with E-state index in [0.29, 0.717) is 40.6 Å². The molecule has 188 valence electrons. The maximum atomic E-state index is 15.0. The van der Waals surface area contributed by atoms with Crippen LogP contribution < -0.4 is 15.8 Å². The maximum Gasteiger partial charge on any atom is 0.270 e. The van der Waals surface area contributed by atoms with Gasteiger partial charge in [0.05, 0.1) is 5.69 Å². The van der Waals surface area contributed by atoms with E-state index in [2.05, 4.69) is 10.3 Å². The molecule has 1 atom stereocenters. The SMILES string of the molecule is Nc1nccc2ccc(OC(C(=O)Nc3ccc(C(=O)N4CCCC4)cc3F)c3ccc(Cl)cc3)cc12. The van der Waals surface area contributed by atoms with Crippen LogP contribution in [0.5, 0.6) is 5.75 Å². The molecule has 1 unspecified atom stereocenters. The lowest BCUT2D eigenvalue weighted by Gasteiger charge is -2.20. The Morgan fingerprint density at radius 1 is 1.03 bits per heavy atom. The van der Waals surface area contributed by atoms with E-state index in [1.54, 1.807) is 47.5 Å². The average Bonchev–Trinajstić information content (AvgIpc) is 3.44. The summed E-state index contributed by atoms with van der Waals surface area (Å²) in [5.74, 6) is -0.811. The number of amides is 2. The van der Waals surface area contributed by atoms with Crippen LogP contribution >= 0.6 is 11.6 Å². The number of pyridine rings is 1. The third kappa shape index (κ3) is 5.34. The number of rotatable bonds is 6. The van der Waals surface area contributed by atoms with Crippen LogP contribution in [0, 0.1) is 5.82 Å². The van der Waals surface area contributed by atoms with Crippen molar-refractivity contribution in [3.63, 3.8) is 0 Å². The molecule has 5 rings (SSSR count). The van der Waals surface area contributed by atoms with Crippen molar-refractivity contribution in [2.24, 2.45) is 0 Å². The van der Waals surface area contributed by atoms with Crippen molar-refractivity contribution in [3.8, 4) is 5.75 Å². The van der Waals surface area contributed by atoms with Gasteiger partial charge in [0.25, 0.3) is 11.8 Å². The Morgan fingerprint density at radius 3 is 2.51 bits per heavy atom. The van der Waals surface area contributed by atoms with Gasteiger partial charge in [-0.3, -0.25) is 9.59 Å². The highest BCUT2D eigenvalue weighted by molar-refractivity contribution is 6.30. The number of hydrogen-bond donors (Lipinski definition) is 2. The van der Waals surface area contributed by atoms with Gasteiger partial charge in [0.1, 0.15) is 17.4 Å². The first kappa shape index (κ1) is 24.5. The van der Waals surface area contributed by atoms with Crippen molar-refractivity contribution in [2.75, 3.05) is 24.1 Å². The van der Waals surface area contributed by atoms with E-state index >= 15 is 0 Å². The number of fused-ring (bicyclic) bond motifs is 1. The Morgan fingerprint density at radius 2 is 1.78 bits per heavy atom. The van der Waals surface area contributed by atoms with E-state index in [-0.39, 0.29) is 17.2 Å². The summed E-state index contributed by atoms with van der Waals surface area (Å²) in [5.41, 5.74) is 6.71. The number of ether oxygens (including phenoxy) is 1. The average molecular weight is 519 g/mol. The maximum absolute atomic E-state index is 15.0. The molecule has 0 aliphatic carbocycles. The van der Waals surface area contributed by atoms with Crippen LogP contribution in [0.15, 0.2) is 72.9 Å². The van der Waals surface area contributed by atoms with Crippen LogP contribution in [0.1, 0.15) is 34.9 Å². The van der Waals surface area contributed by atoms with E-state index in [1.165, 1.54) is 12.1 Å². The first-order chi connectivity index (χ1) is 17.9.